The Morgan fingerprint density at radius 3 is 1.64 bits per heavy atom. The van der Waals surface area contributed by atoms with Crippen molar-refractivity contribution in [1.82, 2.24) is 0 Å². The van der Waals surface area contributed by atoms with Gasteiger partial charge in [-0.1, -0.05) is 12.1 Å². The second-order valence-electron chi connectivity index (χ2n) is 8.06. The molecule has 0 aliphatic carbocycles. The van der Waals surface area contributed by atoms with E-state index in [0.29, 0.717) is 53.9 Å². The molecule has 7 nitrogen and oxygen atoms in total. The van der Waals surface area contributed by atoms with Crippen molar-refractivity contribution in [3.8, 4) is 17.2 Å². The van der Waals surface area contributed by atoms with Gasteiger partial charge in [0.25, 0.3) is 11.7 Å². The van der Waals surface area contributed by atoms with Gasteiger partial charge in [0.1, 0.15) is 23.0 Å². The number of ether oxygens (including phenoxy) is 3. The van der Waals surface area contributed by atoms with Crippen molar-refractivity contribution in [3.05, 3.63) is 89.5 Å². The zero-order chi connectivity index (χ0) is 25.7. The number of rotatable bonds is 9. The fourth-order valence-corrected chi connectivity index (χ4v) is 4.23. The van der Waals surface area contributed by atoms with E-state index >= 15 is 0 Å². The summed E-state index contributed by atoms with van der Waals surface area (Å²) in [6, 6.07) is 20.1. The molecule has 1 fully saturated rings. The monoisotopic (exact) mass is 487 g/mol. The largest absolute Gasteiger partial charge is 0.507 e. The lowest BCUT2D eigenvalue weighted by Gasteiger charge is -2.25. The Morgan fingerprint density at radius 1 is 0.722 bits per heavy atom. The summed E-state index contributed by atoms with van der Waals surface area (Å²) in [5.41, 5.74) is 1.62. The molecule has 1 aliphatic rings. The molecule has 1 N–H and O–H groups in total. The number of amides is 1. The van der Waals surface area contributed by atoms with E-state index in [1.165, 1.54) is 4.90 Å². The van der Waals surface area contributed by atoms with E-state index in [0.717, 1.165) is 0 Å². The van der Waals surface area contributed by atoms with Gasteiger partial charge >= 0.3 is 0 Å². The van der Waals surface area contributed by atoms with E-state index in [1.807, 2.05) is 20.8 Å². The van der Waals surface area contributed by atoms with Crippen LogP contribution in [0.5, 0.6) is 17.2 Å². The summed E-state index contributed by atoms with van der Waals surface area (Å²) < 4.78 is 16.6. The summed E-state index contributed by atoms with van der Waals surface area (Å²) in [4.78, 5) is 28.0. The number of aliphatic hydroxyl groups is 1. The molecule has 1 atom stereocenters. The van der Waals surface area contributed by atoms with Gasteiger partial charge in [0.2, 0.25) is 0 Å². The molecule has 1 saturated heterocycles. The number of nitrogens with zero attached hydrogens (tertiary/aromatic N) is 1. The Morgan fingerprint density at radius 2 is 1.17 bits per heavy atom. The van der Waals surface area contributed by atoms with Crippen molar-refractivity contribution < 1.29 is 28.9 Å². The average Bonchev–Trinajstić information content (AvgIpc) is 3.16. The molecule has 3 aromatic rings. The number of anilines is 1. The first-order valence-electron chi connectivity index (χ1n) is 12.0. The van der Waals surface area contributed by atoms with Crippen LogP contribution in [-0.2, 0) is 9.59 Å². The Kier molecular flexibility index (Phi) is 7.59. The summed E-state index contributed by atoms with van der Waals surface area (Å²) in [5.74, 6) is 0.256. The quantitative estimate of drug-likeness (QED) is 0.243. The highest BCUT2D eigenvalue weighted by Crippen LogP contribution is 2.43. The molecule has 7 heteroatoms. The second-order valence-corrected chi connectivity index (χ2v) is 8.06. The van der Waals surface area contributed by atoms with Gasteiger partial charge in [0.15, 0.2) is 0 Å². The maximum absolute atomic E-state index is 13.3. The zero-order valence-corrected chi connectivity index (χ0v) is 20.6. The van der Waals surface area contributed by atoms with Crippen molar-refractivity contribution in [3.63, 3.8) is 0 Å². The van der Waals surface area contributed by atoms with E-state index in [2.05, 4.69) is 0 Å². The van der Waals surface area contributed by atoms with Crippen LogP contribution in [0, 0.1) is 0 Å². The minimum Gasteiger partial charge on any atom is -0.507 e. The highest BCUT2D eigenvalue weighted by Gasteiger charge is 2.47. The third-order valence-corrected chi connectivity index (χ3v) is 5.82. The standard InChI is InChI=1S/C29H29NO6/c1-4-34-22-13-7-19(8-14-22)26-25(27(31)20-9-15-23(16-10-20)35-5-2)28(32)29(33)30(26)21-11-17-24(18-12-21)36-6-3/h7-18,26,31H,4-6H2,1-3H3/b27-25+. The highest BCUT2D eigenvalue weighted by molar-refractivity contribution is 6.51. The van der Waals surface area contributed by atoms with Crippen LogP contribution in [0.3, 0.4) is 0 Å². The third-order valence-electron chi connectivity index (χ3n) is 5.82. The lowest BCUT2D eigenvalue weighted by Crippen LogP contribution is -2.29. The molecule has 186 valence electrons. The molecule has 1 amide bonds. The second kappa shape index (κ2) is 11.0. The molecule has 36 heavy (non-hydrogen) atoms. The van der Waals surface area contributed by atoms with Gasteiger partial charge < -0.3 is 19.3 Å². The molecule has 3 aromatic carbocycles. The van der Waals surface area contributed by atoms with Crippen molar-refractivity contribution in [2.75, 3.05) is 24.7 Å². The van der Waals surface area contributed by atoms with Crippen LogP contribution in [0.15, 0.2) is 78.4 Å². The van der Waals surface area contributed by atoms with Crippen LogP contribution in [-0.4, -0.2) is 36.6 Å². The topological polar surface area (TPSA) is 85.3 Å². The van der Waals surface area contributed by atoms with Crippen LogP contribution in [0.25, 0.3) is 5.76 Å². The van der Waals surface area contributed by atoms with E-state index in [4.69, 9.17) is 14.2 Å². The number of Topliss-reactive ketones (excluding diaryl/α,β-unsaturated/α-hetero) is 1. The van der Waals surface area contributed by atoms with Gasteiger partial charge in [0.05, 0.1) is 31.4 Å². The molecule has 0 spiro atoms. The first kappa shape index (κ1) is 24.9. The number of carbonyl (C=O) groups excluding carboxylic acids is 2. The first-order chi connectivity index (χ1) is 17.5. The van der Waals surface area contributed by atoms with Crippen molar-refractivity contribution in [2.24, 2.45) is 0 Å². The number of hydrogen-bond donors (Lipinski definition) is 1. The van der Waals surface area contributed by atoms with Gasteiger partial charge in [-0.25, -0.2) is 0 Å². The molecule has 1 unspecified atom stereocenters. The summed E-state index contributed by atoms with van der Waals surface area (Å²) >= 11 is 0. The Balaban J connectivity index is 1.83. The zero-order valence-electron chi connectivity index (χ0n) is 20.6. The number of ketones is 1. The summed E-state index contributed by atoms with van der Waals surface area (Å²) in [7, 11) is 0. The number of carbonyl (C=O) groups is 2. The molecular weight excluding hydrogens is 458 g/mol. The number of aliphatic hydroxyl groups excluding tert-OH is 1. The molecule has 0 saturated carbocycles. The van der Waals surface area contributed by atoms with Crippen molar-refractivity contribution in [2.45, 2.75) is 26.8 Å². The number of benzene rings is 3. The van der Waals surface area contributed by atoms with Gasteiger partial charge in [-0.3, -0.25) is 14.5 Å². The van der Waals surface area contributed by atoms with Crippen LogP contribution in [0.4, 0.5) is 5.69 Å². The minimum absolute atomic E-state index is 0.0159. The average molecular weight is 488 g/mol. The Hall–Kier alpha value is -4.26. The number of hydrogen-bond acceptors (Lipinski definition) is 6. The summed E-state index contributed by atoms with van der Waals surface area (Å²) in [5, 5.41) is 11.3. The van der Waals surface area contributed by atoms with Gasteiger partial charge in [-0.15, -0.1) is 0 Å². The van der Waals surface area contributed by atoms with Crippen LogP contribution in [0.2, 0.25) is 0 Å². The summed E-state index contributed by atoms with van der Waals surface area (Å²) in [6.07, 6.45) is 0. The fourth-order valence-electron chi connectivity index (χ4n) is 4.23. The molecule has 0 radical (unpaired) electrons. The molecule has 0 aromatic heterocycles. The van der Waals surface area contributed by atoms with Crippen LogP contribution < -0.4 is 19.1 Å². The lowest BCUT2D eigenvalue weighted by atomic mass is 9.95. The van der Waals surface area contributed by atoms with E-state index in [-0.39, 0.29) is 11.3 Å². The molecule has 1 heterocycles. The lowest BCUT2D eigenvalue weighted by molar-refractivity contribution is -0.132. The molecule has 0 bridgehead atoms. The van der Waals surface area contributed by atoms with Gasteiger partial charge in [-0.2, -0.15) is 0 Å². The van der Waals surface area contributed by atoms with E-state index in [9.17, 15) is 14.7 Å². The summed E-state index contributed by atoms with van der Waals surface area (Å²) in [6.45, 7) is 7.20. The highest BCUT2D eigenvalue weighted by atomic mass is 16.5. The predicted octanol–water partition coefficient (Wildman–Crippen LogP) is 5.51. The first-order valence-corrected chi connectivity index (χ1v) is 12.0. The van der Waals surface area contributed by atoms with Crippen LogP contribution >= 0.6 is 0 Å². The SMILES string of the molecule is CCOc1ccc(/C(O)=C2\C(=O)C(=O)N(c3ccc(OCC)cc3)C2c2ccc(OCC)cc2)cc1. The maximum atomic E-state index is 13.3. The smallest absolute Gasteiger partial charge is 0.300 e. The van der Waals surface area contributed by atoms with Gasteiger partial charge in [0, 0.05) is 11.3 Å². The van der Waals surface area contributed by atoms with Crippen molar-refractivity contribution in [1.29, 1.82) is 0 Å². The third kappa shape index (κ3) is 4.91. The van der Waals surface area contributed by atoms with E-state index in [1.54, 1.807) is 72.8 Å². The predicted molar refractivity (Wildman–Crippen MR) is 138 cm³/mol. The van der Waals surface area contributed by atoms with Gasteiger partial charge in [-0.05, 0) is 87.0 Å². The maximum Gasteiger partial charge on any atom is 0.300 e. The Bertz CT molecular complexity index is 1250. The normalized spacial score (nSPS) is 16.8. The van der Waals surface area contributed by atoms with E-state index < -0.39 is 17.7 Å². The minimum atomic E-state index is -0.829. The Labute approximate surface area is 210 Å². The van der Waals surface area contributed by atoms with Crippen LogP contribution in [0.1, 0.15) is 37.9 Å². The fraction of sp³-hybridized carbons (Fsp3) is 0.241. The molecule has 4 rings (SSSR count). The molecule has 1 aliphatic heterocycles. The van der Waals surface area contributed by atoms with Crippen molar-refractivity contribution >= 4 is 23.1 Å². The molecular formula is C29H29NO6.